The van der Waals surface area contributed by atoms with E-state index in [0.717, 1.165) is 6.42 Å². The Morgan fingerprint density at radius 3 is 2.52 bits per heavy atom. The number of halogens is 3. The van der Waals surface area contributed by atoms with Crippen LogP contribution in [0.5, 0.6) is 0 Å². The zero-order chi connectivity index (χ0) is 15.4. The first kappa shape index (κ1) is 15.9. The summed E-state index contributed by atoms with van der Waals surface area (Å²) >= 11 is 6.15. The van der Waals surface area contributed by atoms with Crippen LogP contribution in [0, 0.1) is 18.6 Å². The maximum atomic E-state index is 14.2. The highest BCUT2D eigenvalue weighted by Gasteiger charge is 2.21. The van der Waals surface area contributed by atoms with Crippen molar-refractivity contribution in [2.24, 2.45) is 0 Å². The van der Waals surface area contributed by atoms with E-state index in [4.69, 9.17) is 11.6 Å². The Morgan fingerprint density at radius 2 is 1.90 bits per heavy atom. The maximum absolute atomic E-state index is 14.2. The van der Waals surface area contributed by atoms with Gasteiger partial charge in [0.15, 0.2) is 0 Å². The number of hydrogen-bond acceptors (Lipinski definition) is 1. The molecule has 4 heteroatoms. The van der Waals surface area contributed by atoms with Gasteiger partial charge in [-0.1, -0.05) is 36.7 Å². The first-order valence-corrected chi connectivity index (χ1v) is 7.35. The predicted octanol–water partition coefficient (Wildman–Crippen LogP) is 5.02. The lowest BCUT2D eigenvalue weighted by Gasteiger charge is -2.21. The normalized spacial score (nSPS) is 12.4. The first-order chi connectivity index (χ1) is 10.0. The van der Waals surface area contributed by atoms with E-state index >= 15 is 0 Å². The number of nitrogens with one attached hydrogen (secondary N) is 1. The van der Waals surface area contributed by atoms with Crippen molar-refractivity contribution in [3.8, 4) is 0 Å². The van der Waals surface area contributed by atoms with Gasteiger partial charge in [0, 0.05) is 10.6 Å². The molecule has 0 bridgehead atoms. The topological polar surface area (TPSA) is 12.0 Å². The fourth-order valence-corrected chi connectivity index (χ4v) is 2.52. The summed E-state index contributed by atoms with van der Waals surface area (Å²) in [6.45, 7) is 4.40. The van der Waals surface area contributed by atoms with E-state index in [9.17, 15) is 8.78 Å². The van der Waals surface area contributed by atoms with Gasteiger partial charge in [0.1, 0.15) is 11.6 Å². The SMILES string of the molecule is CCCNC(c1ccc(C)c(F)c1)c1c(F)cccc1Cl. The van der Waals surface area contributed by atoms with E-state index in [0.29, 0.717) is 28.3 Å². The molecule has 0 spiro atoms. The minimum atomic E-state index is -0.464. The summed E-state index contributed by atoms with van der Waals surface area (Å²) < 4.78 is 28.0. The van der Waals surface area contributed by atoms with E-state index in [-0.39, 0.29) is 5.82 Å². The number of aryl methyl sites for hydroxylation is 1. The third kappa shape index (κ3) is 3.60. The Hall–Kier alpha value is -1.45. The average Bonchev–Trinajstić information content (AvgIpc) is 2.45. The standard InChI is InChI=1S/C17H18ClF2N/c1-3-9-21-17(12-8-7-11(2)15(20)10-12)16-13(18)5-4-6-14(16)19/h4-8,10,17,21H,3,9H2,1-2H3. The van der Waals surface area contributed by atoms with E-state index in [1.807, 2.05) is 6.92 Å². The van der Waals surface area contributed by atoms with Gasteiger partial charge in [-0.15, -0.1) is 0 Å². The van der Waals surface area contributed by atoms with Crippen molar-refractivity contribution < 1.29 is 8.78 Å². The van der Waals surface area contributed by atoms with Crippen LogP contribution in [-0.2, 0) is 0 Å². The molecule has 0 saturated carbocycles. The fraction of sp³-hybridized carbons (Fsp3) is 0.294. The van der Waals surface area contributed by atoms with E-state index < -0.39 is 11.9 Å². The van der Waals surface area contributed by atoms with Crippen molar-refractivity contribution in [2.75, 3.05) is 6.54 Å². The Balaban J connectivity index is 2.49. The number of hydrogen-bond donors (Lipinski definition) is 1. The van der Waals surface area contributed by atoms with Crippen LogP contribution in [-0.4, -0.2) is 6.54 Å². The van der Waals surface area contributed by atoms with Crippen molar-refractivity contribution in [3.05, 3.63) is 69.7 Å². The number of benzene rings is 2. The third-order valence-corrected chi connectivity index (χ3v) is 3.75. The maximum Gasteiger partial charge on any atom is 0.129 e. The molecule has 0 aliphatic heterocycles. The molecule has 1 N–H and O–H groups in total. The summed E-state index contributed by atoms with van der Waals surface area (Å²) in [7, 11) is 0. The van der Waals surface area contributed by atoms with E-state index in [2.05, 4.69) is 5.32 Å². The molecule has 0 saturated heterocycles. The van der Waals surface area contributed by atoms with Crippen molar-refractivity contribution in [1.29, 1.82) is 0 Å². The van der Waals surface area contributed by atoms with Crippen LogP contribution in [0.1, 0.15) is 36.1 Å². The predicted molar refractivity (Wildman–Crippen MR) is 82.7 cm³/mol. The zero-order valence-electron chi connectivity index (χ0n) is 12.1. The van der Waals surface area contributed by atoms with Crippen molar-refractivity contribution >= 4 is 11.6 Å². The summed E-state index contributed by atoms with van der Waals surface area (Å²) in [5, 5.41) is 3.58. The quantitative estimate of drug-likeness (QED) is 0.818. The minimum absolute atomic E-state index is 0.303. The van der Waals surface area contributed by atoms with Crippen LogP contribution in [0.25, 0.3) is 0 Å². The molecular weight excluding hydrogens is 292 g/mol. The van der Waals surface area contributed by atoms with Gasteiger partial charge in [-0.05, 0) is 49.2 Å². The van der Waals surface area contributed by atoms with Crippen LogP contribution in [0.3, 0.4) is 0 Å². The van der Waals surface area contributed by atoms with Crippen molar-refractivity contribution in [3.63, 3.8) is 0 Å². The molecule has 0 aromatic heterocycles. The molecule has 0 aliphatic carbocycles. The molecule has 0 heterocycles. The molecule has 2 aromatic carbocycles. The Labute approximate surface area is 128 Å². The lowest BCUT2D eigenvalue weighted by Crippen LogP contribution is -2.24. The average molecular weight is 310 g/mol. The van der Waals surface area contributed by atoms with Crippen LogP contribution in [0.4, 0.5) is 8.78 Å². The second-order valence-electron chi connectivity index (χ2n) is 5.03. The second-order valence-corrected chi connectivity index (χ2v) is 5.44. The molecule has 21 heavy (non-hydrogen) atoms. The lowest BCUT2D eigenvalue weighted by molar-refractivity contribution is 0.542. The largest absolute Gasteiger partial charge is 0.306 e. The Bertz CT molecular complexity index is 608. The zero-order valence-corrected chi connectivity index (χ0v) is 12.8. The molecule has 112 valence electrons. The molecule has 1 nitrogen and oxygen atoms in total. The van der Waals surface area contributed by atoms with Gasteiger partial charge in [0.2, 0.25) is 0 Å². The Morgan fingerprint density at radius 1 is 1.14 bits per heavy atom. The highest BCUT2D eigenvalue weighted by atomic mass is 35.5. The van der Waals surface area contributed by atoms with Crippen LogP contribution < -0.4 is 5.32 Å². The van der Waals surface area contributed by atoms with E-state index in [1.54, 1.807) is 31.2 Å². The monoisotopic (exact) mass is 309 g/mol. The Kier molecular flexibility index (Phi) is 5.32. The second kappa shape index (κ2) is 7.01. The van der Waals surface area contributed by atoms with Crippen LogP contribution in [0.15, 0.2) is 36.4 Å². The van der Waals surface area contributed by atoms with Crippen LogP contribution >= 0.6 is 11.6 Å². The summed E-state index contributed by atoms with van der Waals surface area (Å²) in [6.07, 6.45) is 0.886. The summed E-state index contributed by atoms with van der Waals surface area (Å²) in [5.41, 5.74) is 1.59. The molecule has 2 aromatic rings. The van der Waals surface area contributed by atoms with Gasteiger partial charge in [-0.25, -0.2) is 8.78 Å². The van der Waals surface area contributed by atoms with Gasteiger partial charge in [-0.3, -0.25) is 0 Å². The van der Waals surface area contributed by atoms with Crippen molar-refractivity contribution in [2.45, 2.75) is 26.3 Å². The molecule has 2 rings (SSSR count). The highest BCUT2D eigenvalue weighted by Crippen LogP contribution is 2.31. The molecule has 1 unspecified atom stereocenters. The lowest BCUT2D eigenvalue weighted by atomic mass is 9.96. The first-order valence-electron chi connectivity index (χ1n) is 6.98. The van der Waals surface area contributed by atoms with Gasteiger partial charge in [0.05, 0.1) is 6.04 Å². The van der Waals surface area contributed by atoms with Crippen LogP contribution in [0.2, 0.25) is 5.02 Å². The van der Waals surface area contributed by atoms with Gasteiger partial charge in [0.25, 0.3) is 0 Å². The van der Waals surface area contributed by atoms with Gasteiger partial charge < -0.3 is 5.32 Å². The smallest absolute Gasteiger partial charge is 0.129 e. The summed E-state index contributed by atoms with van der Waals surface area (Å²) in [4.78, 5) is 0. The van der Waals surface area contributed by atoms with Gasteiger partial charge in [-0.2, -0.15) is 0 Å². The number of rotatable bonds is 5. The third-order valence-electron chi connectivity index (χ3n) is 3.42. The highest BCUT2D eigenvalue weighted by molar-refractivity contribution is 6.31. The van der Waals surface area contributed by atoms with Crippen molar-refractivity contribution in [1.82, 2.24) is 5.32 Å². The molecule has 0 aliphatic rings. The summed E-state index contributed by atoms with van der Waals surface area (Å²) in [5.74, 6) is -0.694. The molecule has 0 fully saturated rings. The minimum Gasteiger partial charge on any atom is -0.306 e. The summed E-state index contributed by atoms with van der Waals surface area (Å²) in [6, 6.07) is 9.04. The molecule has 1 atom stereocenters. The fourth-order valence-electron chi connectivity index (χ4n) is 2.25. The van der Waals surface area contributed by atoms with Gasteiger partial charge >= 0.3 is 0 Å². The van der Waals surface area contributed by atoms with E-state index in [1.165, 1.54) is 12.1 Å². The molecule has 0 amide bonds. The molecule has 0 radical (unpaired) electrons. The molecular formula is C17H18ClF2N.